The highest BCUT2D eigenvalue weighted by Gasteiger charge is 2.36. The number of pyridine rings is 1. The minimum Gasteiger partial charge on any atom is -0.443 e. The number of carbonyl (C=O) groups is 2. The summed E-state index contributed by atoms with van der Waals surface area (Å²) in [7, 11) is 0. The fourth-order valence-corrected chi connectivity index (χ4v) is 4.00. The van der Waals surface area contributed by atoms with Crippen LogP contribution in [-0.2, 0) is 9.53 Å². The number of hydrogen-bond acceptors (Lipinski definition) is 4. The van der Waals surface area contributed by atoms with Crippen LogP contribution in [0.15, 0.2) is 18.3 Å². The maximum atomic E-state index is 13.0. The van der Waals surface area contributed by atoms with Crippen molar-refractivity contribution in [1.82, 2.24) is 9.88 Å². The van der Waals surface area contributed by atoms with Crippen LogP contribution in [-0.4, -0.2) is 40.6 Å². The molecule has 1 saturated carbocycles. The van der Waals surface area contributed by atoms with E-state index in [0.29, 0.717) is 5.82 Å². The Labute approximate surface area is 155 Å². The van der Waals surface area contributed by atoms with Crippen molar-refractivity contribution in [3.05, 3.63) is 23.9 Å². The van der Waals surface area contributed by atoms with Gasteiger partial charge in [-0.3, -0.25) is 9.69 Å². The SMILES string of the molecule is CC(C)(C)OC(=O)N(c1ncccc1C1CCCN1C=O)C1CCCC1. The van der Waals surface area contributed by atoms with Gasteiger partial charge >= 0.3 is 6.09 Å². The largest absolute Gasteiger partial charge is 0.443 e. The molecule has 1 atom stereocenters. The number of hydrogen-bond donors (Lipinski definition) is 0. The average Bonchev–Trinajstić information content (AvgIpc) is 3.25. The second-order valence-corrected chi connectivity index (χ2v) is 8.21. The van der Waals surface area contributed by atoms with Crippen molar-refractivity contribution in [2.24, 2.45) is 0 Å². The minimum atomic E-state index is -0.564. The molecule has 2 aliphatic rings. The second-order valence-electron chi connectivity index (χ2n) is 8.21. The van der Waals surface area contributed by atoms with Crippen molar-refractivity contribution in [2.75, 3.05) is 11.4 Å². The Morgan fingerprint density at radius 3 is 2.65 bits per heavy atom. The van der Waals surface area contributed by atoms with Gasteiger partial charge in [0.15, 0.2) is 0 Å². The zero-order chi connectivity index (χ0) is 18.7. The summed E-state index contributed by atoms with van der Waals surface area (Å²) in [6, 6.07) is 3.94. The van der Waals surface area contributed by atoms with Gasteiger partial charge in [0.05, 0.1) is 6.04 Å². The van der Waals surface area contributed by atoms with Crippen molar-refractivity contribution >= 4 is 18.3 Å². The highest BCUT2D eigenvalue weighted by Crippen LogP contribution is 2.38. The summed E-state index contributed by atoms with van der Waals surface area (Å²) in [4.78, 5) is 32.6. The molecule has 6 heteroatoms. The first-order chi connectivity index (χ1) is 12.4. The zero-order valence-corrected chi connectivity index (χ0v) is 16.0. The minimum absolute atomic E-state index is 0.0254. The molecular weight excluding hydrogens is 330 g/mol. The molecule has 1 aliphatic heterocycles. The van der Waals surface area contributed by atoms with Gasteiger partial charge in [-0.15, -0.1) is 0 Å². The molecule has 142 valence electrons. The molecule has 0 spiro atoms. The zero-order valence-electron chi connectivity index (χ0n) is 16.0. The van der Waals surface area contributed by atoms with Crippen LogP contribution in [0.5, 0.6) is 0 Å². The highest BCUT2D eigenvalue weighted by atomic mass is 16.6. The van der Waals surface area contributed by atoms with E-state index in [2.05, 4.69) is 4.98 Å². The predicted molar refractivity (Wildman–Crippen MR) is 100.0 cm³/mol. The van der Waals surface area contributed by atoms with Crippen molar-refractivity contribution in [3.8, 4) is 0 Å². The van der Waals surface area contributed by atoms with Gasteiger partial charge in [-0.25, -0.2) is 9.78 Å². The van der Waals surface area contributed by atoms with Crippen LogP contribution in [0.4, 0.5) is 10.6 Å². The lowest BCUT2D eigenvalue weighted by molar-refractivity contribution is -0.118. The molecule has 2 fully saturated rings. The molecular formula is C20H29N3O3. The van der Waals surface area contributed by atoms with Gasteiger partial charge in [-0.2, -0.15) is 0 Å². The van der Waals surface area contributed by atoms with Crippen molar-refractivity contribution in [3.63, 3.8) is 0 Å². The van der Waals surface area contributed by atoms with Crippen LogP contribution >= 0.6 is 0 Å². The Morgan fingerprint density at radius 2 is 2.00 bits per heavy atom. The van der Waals surface area contributed by atoms with Crippen LogP contribution in [0, 0.1) is 0 Å². The first-order valence-electron chi connectivity index (χ1n) is 9.59. The molecule has 0 N–H and O–H groups in total. The summed E-state index contributed by atoms with van der Waals surface area (Å²) < 4.78 is 5.70. The van der Waals surface area contributed by atoms with Gasteiger partial charge in [0.2, 0.25) is 6.41 Å². The molecule has 1 aromatic heterocycles. The predicted octanol–water partition coefficient (Wildman–Crippen LogP) is 4.06. The topological polar surface area (TPSA) is 62.7 Å². The third-order valence-electron chi connectivity index (χ3n) is 5.11. The molecule has 2 amide bonds. The van der Waals surface area contributed by atoms with E-state index in [1.807, 2.05) is 37.8 Å². The van der Waals surface area contributed by atoms with Gasteiger partial charge in [0, 0.05) is 24.3 Å². The molecule has 1 aliphatic carbocycles. The number of carbonyl (C=O) groups excluding carboxylic acids is 2. The lowest BCUT2D eigenvalue weighted by Gasteiger charge is -2.33. The Hall–Kier alpha value is -2.11. The summed E-state index contributed by atoms with van der Waals surface area (Å²) in [5.74, 6) is 0.646. The van der Waals surface area contributed by atoms with E-state index in [1.165, 1.54) is 0 Å². The maximum absolute atomic E-state index is 13.0. The first-order valence-corrected chi connectivity index (χ1v) is 9.59. The lowest BCUT2D eigenvalue weighted by Crippen LogP contribution is -2.44. The van der Waals surface area contributed by atoms with E-state index in [-0.39, 0.29) is 18.2 Å². The smallest absolute Gasteiger partial charge is 0.416 e. The molecule has 1 saturated heterocycles. The number of nitrogens with zero attached hydrogens (tertiary/aromatic N) is 3. The molecule has 0 radical (unpaired) electrons. The monoisotopic (exact) mass is 359 g/mol. The highest BCUT2D eigenvalue weighted by molar-refractivity contribution is 5.88. The Morgan fingerprint density at radius 1 is 1.27 bits per heavy atom. The van der Waals surface area contributed by atoms with E-state index in [4.69, 9.17) is 4.74 Å². The lowest BCUT2D eigenvalue weighted by atomic mass is 10.0. The van der Waals surface area contributed by atoms with Crippen LogP contribution in [0.3, 0.4) is 0 Å². The van der Waals surface area contributed by atoms with Crippen LogP contribution in [0.25, 0.3) is 0 Å². The molecule has 1 aromatic rings. The normalized spacial score (nSPS) is 21.0. The Balaban J connectivity index is 1.98. The van der Waals surface area contributed by atoms with Crippen LogP contribution in [0.1, 0.15) is 70.9 Å². The van der Waals surface area contributed by atoms with Gasteiger partial charge in [0.1, 0.15) is 11.4 Å². The summed E-state index contributed by atoms with van der Waals surface area (Å²) in [6.07, 6.45) is 8.26. The molecule has 0 aromatic carbocycles. The Kier molecular flexibility index (Phi) is 5.49. The molecule has 3 rings (SSSR count). The Bertz CT molecular complexity index is 650. The van der Waals surface area contributed by atoms with Gasteiger partial charge < -0.3 is 9.64 Å². The fourth-order valence-electron chi connectivity index (χ4n) is 4.00. The quantitative estimate of drug-likeness (QED) is 0.761. The summed E-state index contributed by atoms with van der Waals surface area (Å²) >= 11 is 0. The van der Waals surface area contributed by atoms with Gasteiger partial charge in [-0.05, 0) is 52.5 Å². The van der Waals surface area contributed by atoms with Crippen molar-refractivity contribution < 1.29 is 14.3 Å². The first kappa shape index (κ1) is 18.7. The number of anilines is 1. The summed E-state index contributed by atoms with van der Waals surface area (Å²) in [6.45, 7) is 6.38. The van der Waals surface area contributed by atoms with Crippen LogP contribution < -0.4 is 4.90 Å². The molecule has 1 unspecified atom stereocenters. The van der Waals surface area contributed by atoms with Crippen LogP contribution in [0.2, 0.25) is 0 Å². The number of ether oxygens (including phenoxy) is 1. The standard InChI is InChI=1S/C20H29N3O3/c1-20(2,3)26-19(25)23(15-8-4-5-9-15)18-16(10-6-12-21-18)17-11-7-13-22(17)14-24/h6,10,12,14-15,17H,4-5,7-9,11,13H2,1-3H3. The average molecular weight is 359 g/mol. The van der Waals surface area contributed by atoms with E-state index in [1.54, 1.807) is 11.1 Å². The molecule has 0 bridgehead atoms. The second kappa shape index (κ2) is 7.64. The van der Waals surface area contributed by atoms with Gasteiger partial charge in [0.25, 0.3) is 0 Å². The summed E-state index contributed by atoms with van der Waals surface area (Å²) in [5.41, 5.74) is 0.375. The third-order valence-corrected chi connectivity index (χ3v) is 5.11. The van der Waals surface area contributed by atoms with Crippen molar-refractivity contribution in [1.29, 1.82) is 0 Å². The van der Waals surface area contributed by atoms with E-state index in [9.17, 15) is 9.59 Å². The molecule has 26 heavy (non-hydrogen) atoms. The summed E-state index contributed by atoms with van der Waals surface area (Å²) in [5, 5.41) is 0. The van der Waals surface area contributed by atoms with E-state index >= 15 is 0 Å². The van der Waals surface area contributed by atoms with Crippen molar-refractivity contribution in [2.45, 2.75) is 77.0 Å². The molecule has 2 heterocycles. The van der Waals surface area contributed by atoms with E-state index in [0.717, 1.165) is 57.0 Å². The molecule has 6 nitrogen and oxygen atoms in total. The maximum Gasteiger partial charge on any atom is 0.416 e. The third kappa shape index (κ3) is 4.00. The van der Waals surface area contributed by atoms with Gasteiger partial charge in [-0.1, -0.05) is 18.9 Å². The number of likely N-dealkylation sites (tertiary alicyclic amines) is 1. The number of aromatic nitrogens is 1. The number of rotatable bonds is 4. The number of amides is 2. The fraction of sp³-hybridized carbons (Fsp3) is 0.650. The van der Waals surface area contributed by atoms with E-state index < -0.39 is 5.60 Å².